The number of methoxy groups -OCH3 is 1. The van der Waals surface area contributed by atoms with Crippen molar-refractivity contribution in [1.29, 1.82) is 5.26 Å². The molecule has 3 heteroatoms. The van der Waals surface area contributed by atoms with Gasteiger partial charge in [0.2, 0.25) is 0 Å². The van der Waals surface area contributed by atoms with Crippen LogP contribution in [-0.2, 0) is 0 Å². The average Bonchev–Trinajstić information content (AvgIpc) is 2.49. The summed E-state index contributed by atoms with van der Waals surface area (Å²) in [5.41, 5.74) is 2.02. The number of hydrogen-bond donors (Lipinski definition) is 1. The highest BCUT2D eigenvalue weighted by Crippen LogP contribution is 2.18. The van der Waals surface area contributed by atoms with E-state index in [1.165, 1.54) is 0 Å². The minimum atomic E-state index is -0.150. The summed E-state index contributed by atoms with van der Waals surface area (Å²) in [5, 5.41) is 12.5. The molecule has 2 rings (SSSR count). The normalized spacial score (nSPS) is 11.4. The fourth-order valence-corrected chi connectivity index (χ4v) is 1.85. The Hall–Kier alpha value is -2.47. The molecule has 0 aromatic heterocycles. The molecule has 96 valence electrons. The molecule has 0 saturated heterocycles. The summed E-state index contributed by atoms with van der Waals surface area (Å²) in [4.78, 5) is 0. The van der Waals surface area contributed by atoms with E-state index >= 15 is 0 Å². The van der Waals surface area contributed by atoms with Gasteiger partial charge in [-0.2, -0.15) is 5.26 Å². The molecule has 0 fully saturated rings. The first-order valence-corrected chi connectivity index (χ1v) is 6.16. The van der Waals surface area contributed by atoms with Gasteiger partial charge in [0.1, 0.15) is 5.75 Å². The van der Waals surface area contributed by atoms with E-state index < -0.39 is 0 Å². The van der Waals surface area contributed by atoms with E-state index in [0.29, 0.717) is 6.54 Å². The number of hydrogen-bond acceptors (Lipinski definition) is 3. The van der Waals surface area contributed by atoms with Crippen molar-refractivity contribution in [3.8, 4) is 11.8 Å². The molecule has 0 radical (unpaired) electrons. The Balaban J connectivity index is 1.98. The SMILES string of the molecule is COc1ccc(NCC(C#N)c2ccccc2)cc1. The first-order chi connectivity index (χ1) is 9.33. The predicted molar refractivity (Wildman–Crippen MR) is 76.3 cm³/mol. The lowest BCUT2D eigenvalue weighted by Crippen LogP contribution is -2.11. The second-order valence-corrected chi connectivity index (χ2v) is 4.20. The first kappa shape index (κ1) is 13.0. The fourth-order valence-electron chi connectivity index (χ4n) is 1.85. The molecular weight excluding hydrogens is 236 g/mol. The van der Waals surface area contributed by atoms with E-state index in [2.05, 4.69) is 11.4 Å². The number of nitrogens with zero attached hydrogens (tertiary/aromatic N) is 1. The van der Waals surface area contributed by atoms with Crippen LogP contribution in [0.4, 0.5) is 5.69 Å². The summed E-state index contributed by atoms with van der Waals surface area (Å²) >= 11 is 0. The van der Waals surface area contributed by atoms with E-state index in [0.717, 1.165) is 17.0 Å². The lowest BCUT2D eigenvalue weighted by atomic mass is 10.0. The van der Waals surface area contributed by atoms with Gasteiger partial charge in [-0.25, -0.2) is 0 Å². The minimum Gasteiger partial charge on any atom is -0.497 e. The Kier molecular flexibility index (Phi) is 4.41. The van der Waals surface area contributed by atoms with Gasteiger partial charge in [-0.3, -0.25) is 0 Å². The summed E-state index contributed by atoms with van der Waals surface area (Å²) < 4.78 is 5.11. The summed E-state index contributed by atoms with van der Waals surface area (Å²) in [7, 11) is 1.64. The van der Waals surface area contributed by atoms with E-state index in [9.17, 15) is 5.26 Å². The molecule has 0 aliphatic carbocycles. The van der Waals surface area contributed by atoms with E-state index in [4.69, 9.17) is 4.74 Å². The van der Waals surface area contributed by atoms with Crippen LogP contribution in [0.3, 0.4) is 0 Å². The van der Waals surface area contributed by atoms with Crippen LogP contribution in [0, 0.1) is 11.3 Å². The van der Waals surface area contributed by atoms with Crippen LogP contribution in [0.15, 0.2) is 54.6 Å². The highest BCUT2D eigenvalue weighted by molar-refractivity contribution is 5.47. The fraction of sp³-hybridized carbons (Fsp3) is 0.188. The van der Waals surface area contributed by atoms with Crippen LogP contribution in [-0.4, -0.2) is 13.7 Å². The quantitative estimate of drug-likeness (QED) is 0.886. The van der Waals surface area contributed by atoms with Crippen LogP contribution >= 0.6 is 0 Å². The zero-order valence-electron chi connectivity index (χ0n) is 10.8. The first-order valence-electron chi connectivity index (χ1n) is 6.16. The van der Waals surface area contributed by atoms with Crippen LogP contribution in [0.1, 0.15) is 11.5 Å². The van der Waals surface area contributed by atoms with Crippen LogP contribution in [0.25, 0.3) is 0 Å². The van der Waals surface area contributed by atoms with Crippen molar-refractivity contribution in [3.05, 3.63) is 60.2 Å². The number of anilines is 1. The topological polar surface area (TPSA) is 45.0 Å². The van der Waals surface area contributed by atoms with Gasteiger partial charge in [0, 0.05) is 12.2 Å². The van der Waals surface area contributed by atoms with Gasteiger partial charge in [-0.05, 0) is 29.8 Å². The monoisotopic (exact) mass is 252 g/mol. The standard InChI is InChI=1S/C16H16N2O/c1-19-16-9-7-15(8-10-16)18-12-14(11-17)13-5-3-2-4-6-13/h2-10,14,18H,12H2,1H3. The van der Waals surface area contributed by atoms with Crippen molar-refractivity contribution < 1.29 is 4.74 Å². The van der Waals surface area contributed by atoms with Crippen molar-refractivity contribution in [3.63, 3.8) is 0 Å². The van der Waals surface area contributed by atoms with Crippen LogP contribution in [0.5, 0.6) is 5.75 Å². The molecule has 2 aromatic carbocycles. The number of rotatable bonds is 5. The maximum absolute atomic E-state index is 9.23. The minimum absolute atomic E-state index is 0.150. The molecule has 19 heavy (non-hydrogen) atoms. The molecule has 0 spiro atoms. The van der Waals surface area contributed by atoms with Crippen molar-refractivity contribution >= 4 is 5.69 Å². The summed E-state index contributed by atoms with van der Waals surface area (Å²) in [6.45, 7) is 0.590. The van der Waals surface area contributed by atoms with E-state index in [1.807, 2.05) is 54.6 Å². The molecule has 0 saturated carbocycles. The second kappa shape index (κ2) is 6.46. The molecule has 1 N–H and O–H groups in total. The Morgan fingerprint density at radius 1 is 1.11 bits per heavy atom. The average molecular weight is 252 g/mol. The number of nitrogens with one attached hydrogen (secondary N) is 1. The van der Waals surface area contributed by atoms with Crippen LogP contribution in [0.2, 0.25) is 0 Å². The van der Waals surface area contributed by atoms with Gasteiger partial charge in [0.25, 0.3) is 0 Å². The number of nitriles is 1. The zero-order chi connectivity index (χ0) is 13.5. The van der Waals surface area contributed by atoms with Gasteiger partial charge in [0.15, 0.2) is 0 Å². The van der Waals surface area contributed by atoms with Crippen molar-refractivity contribution in [2.75, 3.05) is 19.0 Å². The molecule has 1 unspecified atom stereocenters. The molecule has 0 bridgehead atoms. The maximum atomic E-state index is 9.23. The van der Waals surface area contributed by atoms with Gasteiger partial charge in [0.05, 0.1) is 19.1 Å². The second-order valence-electron chi connectivity index (χ2n) is 4.20. The predicted octanol–water partition coefficient (Wildman–Crippen LogP) is 3.41. The molecular formula is C16H16N2O. The smallest absolute Gasteiger partial charge is 0.119 e. The van der Waals surface area contributed by atoms with Crippen molar-refractivity contribution in [2.24, 2.45) is 0 Å². The molecule has 0 aliphatic rings. The van der Waals surface area contributed by atoms with Crippen LogP contribution < -0.4 is 10.1 Å². The molecule has 0 heterocycles. The Morgan fingerprint density at radius 2 is 1.79 bits per heavy atom. The largest absolute Gasteiger partial charge is 0.497 e. The third-order valence-corrected chi connectivity index (χ3v) is 2.96. The third-order valence-electron chi connectivity index (χ3n) is 2.96. The Labute approximate surface area is 113 Å². The van der Waals surface area contributed by atoms with E-state index in [-0.39, 0.29) is 5.92 Å². The molecule has 1 atom stereocenters. The zero-order valence-corrected chi connectivity index (χ0v) is 10.8. The molecule has 3 nitrogen and oxygen atoms in total. The molecule has 2 aromatic rings. The Morgan fingerprint density at radius 3 is 2.37 bits per heavy atom. The van der Waals surface area contributed by atoms with Gasteiger partial charge in [-0.15, -0.1) is 0 Å². The third kappa shape index (κ3) is 3.49. The number of ether oxygens (including phenoxy) is 1. The van der Waals surface area contributed by atoms with Gasteiger partial charge < -0.3 is 10.1 Å². The number of benzene rings is 2. The van der Waals surface area contributed by atoms with Gasteiger partial charge >= 0.3 is 0 Å². The molecule has 0 amide bonds. The maximum Gasteiger partial charge on any atom is 0.119 e. The van der Waals surface area contributed by atoms with Gasteiger partial charge in [-0.1, -0.05) is 30.3 Å². The highest BCUT2D eigenvalue weighted by Gasteiger charge is 2.09. The lowest BCUT2D eigenvalue weighted by molar-refractivity contribution is 0.415. The summed E-state index contributed by atoms with van der Waals surface area (Å²) in [6, 6.07) is 19.8. The Bertz CT molecular complexity index is 543. The van der Waals surface area contributed by atoms with E-state index in [1.54, 1.807) is 7.11 Å². The summed E-state index contributed by atoms with van der Waals surface area (Å²) in [6.07, 6.45) is 0. The summed E-state index contributed by atoms with van der Waals surface area (Å²) in [5.74, 6) is 0.675. The highest BCUT2D eigenvalue weighted by atomic mass is 16.5. The lowest BCUT2D eigenvalue weighted by Gasteiger charge is -2.12. The molecule has 0 aliphatic heterocycles. The van der Waals surface area contributed by atoms with Crippen molar-refractivity contribution in [1.82, 2.24) is 0 Å². The van der Waals surface area contributed by atoms with Crippen molar-refractivity contribution in [2.45, 2.75) is 5.92 Å².